The number of hydrogen-bond acceptors (Lipinski definition) is 1. The van der Waals surface area contributed by atoms with Crippen LogP contribution in [0.15, 0.2) is 30.3 Å². The summed E-state index contributed by atoms with van der Waals surface area (Å²) in [6.07, 6.45) is 5.23. The van der Waals surface area contributed by atoms with Crippen molar-refractivity contribution < 1.29 is 22.4 Å². The van der Waals surface area contributed by atoms with Gasteiger partial charge in [-0.25, -0.2) is 0 Å². The number of quaternary nitrogens is 1. The van der Waals surface area contributed by atoms with E-state index >= 15 is 0 Å². The zero-order valence-corrected chi connectivity index (χ0v) is 16.9. The van der Waals surface area contributed by atoms with E-state index in [9.17, 15) is 5.11 Å². The minimum atomic E-state index is -0.791. The van der Waals surface area contributed by atoms with E-state index in [4.69, 9.17) is 0 Å². The van der Waals surface area contributed by atoms with Crippen LogP contribution in [-0.4, -0.2) is 23.7 Å². The van der Waals surface area contributed by atoms with Gasteiger partial charge in [0.05, 0.1) is 12.1 Å². The summed E-state index contributed by atoms with van der Waals surface area (Å²) in [5, 5.41) is 11.5. The third-order valence-electron chi connectivity index (χ3n) is 5.56. The largest absolute Gasteiger partial charge is 1.00 e. The molecule has 2 nitrogen and oxygen atoms in total. The Morgan fingerprint density at radius 2 is 1.60 bits per heavy atom. The van der Waals surface area contributed by atoms with Crippen LogP contribution in [0, 0.1) is 17.8 Å². The maximum Gasteiger partial charge on any atom is 0.139 e. The second kappa shape index (κ2) is 10.2. The zero-order valence-electron chi connectivity index (χ0n) is 16.2. The first-order chi connectivity index (χ1) is 11.4. The number of benzene rings is 1. The minimum absolute atomic E-state index is 0. The molecule has 1 aromatic rings. The molecule has 1 unspecified atom stereocenters. The highest BCUT2D eigenvalue weighted by molar-refractivity contribution is 5.26. The lowest BCUT2D eigenvalue weighted by Crippen LogP contribution is -3.17. The number of aliphatic hydroxyl groups is 1. The molecule has 0 heterocycles. The monoisotopic (exact) mass is 363 g/mol. The van der Waals surface area contributed by atoms with E-state index in [1.54, 1.807) is 0 Å². The molecule has 0 aliphatic heterocycles. The highest BCUT2D eigenvalue weighted by Gasteiger charge is 2.39. The molecular weight excluding hydrogens is 330 g/mol. The van der Waals surface area contributed by atoms with E-state index < -0.39 is 5.60 Å². The van der Waals surface area contributed by atoms with Crippen LogP contribution >= 0.6 is 0 Å². The van der Waals surface area contributed by atoms with Gasteiger partial charge in [-0.15, -0.1) is 0 Å². The van der Waals surface area contributed by atoms with E-state index in [0.29, 0.717) is 24.4 Å². The summed E-state index contributed by atoms with van der Waals surface area (Å²) in [7, 11) is 0. The molecule has 25 heavy (non-hydrogen) atoms. The summed E-state index contributed by atoms with van der Waals surface area (Å²) in [6, 6.07) is 11.3. The van der Waals surface area contributed by atoms with Gasteiger partial charge >= 0.3 is 0 Å². The fourth-order valence-corrected chi connectivity index (χ4v) is 4.05. The normalized spacial score (nSPS) is 17.3. The molecular formula is C22H34ClNO. The molecule has 1 atom stereocenters. The zero-order chi connectivity index (χ0) is 17.6. The lowest BCUT2D eigenvalue weighted by atomic mass is 9.78. The summed E-state index contributed by atoms with van der Waals surface area (Å²) in [5.41, 5.74) is 0.240. The molecule has 1 aliphatic carbocycles. The molecule has 1 saturated carbocycles. The Balaban J connectivity index is 0.00000312. The first kappa shape index (κ1) is 22.0. The summed E-state index contributed by atoms with van der Waals surface area (Å²) >= 11 is 0. The van der Waals surface area contributed by atoms with E-state index in [1.165, 1.54) is 17.7 Å². The van der Waals surface area contributed by atoms with Crippen LogP contribution in [0.2, 0.25) is 0 Å². The van der Waals surface area contributed by atoms with Crippen molar-refractivity contribution in [3.8, 4) is 11.8 Å². The molecule has 0 bridgehead atoms. The third kappa shape index (κ3) is 5.74. The molecule has 0 spiro atoms. The van der Waals surface area contributed by atoms with Crippen molar-refractivity contribution in [2.24, 2.45) is 5.92 Å². The van der Waals surface area contributed by atoms with Gasteiger partial charge in [-0.3, -0.25) is 0 Å². The Morgan fingerprint density at radius 1 is 1.04 bits per heavy atom. The number of rotatable bonds is 6. The van der Waals surface area contributed by atoms with Crippen LogP contribution in [0.5, 0.6) is 0 Å². The predicted molar refractivity (Wildman–Crippen MR) is 101 cm³/mol. The average Bonchev–Trinajstić information content (AvgIpc) is 3.09. The van der Waals surface area contributed by atoms with Crippen LogP contribution in [0.25, 0.3) is 0 Å². The van der Waals surface area contributed by atoms with Gasteiger partial charge in [0.1, 0.15) is 12.1 Å². The molecule has 0 radical (unpaired) electrons. The minimum Gasteiger partial charge on any atom is -1.00 e. The van der Waals surface area contributed by atoms with Gasteiger partial charge in [-0.2, -0.15) is 0 Å². The topological polar surface area (TPSA) is 24.7 Å². The first-order valence-electron chi connectivity index (χ1n) is 9.54. The summed E-state index contributed by atoms with van der Waals surface area (Å²) < 4.78 is 0. The van der Waals surface area contributed by atoms with Crippen LogP contribution in [0.3, 0.4) is 0 Å². The molecule has 140 valence electrons. The van der Waals surface area contributed by atoms with Gasteiger partial charge in [0.25, 0.3) is 0 Å². The molecule has 1 fully saturated rings. The van der Waals surface area contributed by atoms with Crippen molar-refractivity contribution >= 4 is 0 Å². The van der Waals surface area contributed by atoms with E-state index in [0.717, 1.165) is 24.9 Å². The second-order valence-electron chi connectivity index (χ2n) is 7.86. The van der Waals surface area contributed by atoms with Crippen molar-refractivity contribution in [1.82, 2.24) is 0 Å². The number of halogens is 1. The molecule has 3 heteroatoms. The number of nitrogens with one attached hydrogen (secondary N) is 1. The van der Waals surface area contributed by atoms with Crippen molar-refractivity contribution in [1.29, 1.82) is 0 Å². The van der Waals surface area contributed by atoms with E-state index in [2.05, 4.69) is 51.7 Å². The second-order valence-corrected chi connectivity index (χ2v) is 7.86. The Hall–Kier alpha value is -1.01. The Kier molecular flexibility index (Phi) is 9.00. The highest BCUT2D eigenvalue weighted by Crippen LogP contribution is 2.42. The maximum atomic E-state index is 11.5. The molecule has 0 amide bonds. The summed E-state index contributed by atoms with van der Waals surface area (Å²) in [6.45, 7) is 9.84. The Bertz CT molecular complexity index is 546. The predicted octanol–water partition coefficient (Wildman–Crippen LogP) is 0.164. The van der Waals surface area contributed by atoms with Gasteiger partial charge < -0.3 is 22.4 Å². The molecule has 2 rings (SSSR count). The van der Waals surface area contributed by atoms with Crippen molar-refractivity contribution in [2.75, 3.05) is 6.54 Å². The summed E-state index contributed by atoms with van der Waals surface area (Å²) in [5.74, 6) is 7.01. The SMILES string of the molecule is CC(C)[NH+](CC#CCC(O)(c1ccccc1)C1CCCC1)C(C)C.[Cl-]. The van der Waals surface area contributed by atoms with Crippen LogP contribution in [-0.2, 0) is 5.60 Å². The quantitative estimate of drug-likeness (QED) is 0.692. The first-order valence-corrected chi connectivity index (χ1v) is 9.54. The highest BCUT2D eigenvalue weighted by atomic mass is 35.5. The molecule has 0 aromatic heterocycles. The standard InChI is InChI=1S/C22H33NO.ClH/c1-18(2)23(19(3)4)17-11-10-16-22(24,21-14-8-9-15-21)20-12-6-5-7-13-20;/h5-7,12-13,18-19,21,24H,8-9,14-17H2,1-4H3;1H. The fourth-order valence-electron chi connectivity index (χ4n) is 4.05. The molecule has 1 aromatic carbocycles. The maximum absolute atomic E-state index is 11.5. The van der Waals surface area contributed by atoms with Crippen molar-refractivity contribution in [3.05, 3.63) is 35.9 Å². The lowest BCUT2D eigenvalue weighted by molar-refractivity contribution is -0.935. The van der Waals surface area contributed by atoms with Gasteiger partial charge in [0, 0.05) is 6.42 Å². The van der Waals surface area contributed by atoms with Crippen LogP contribution in [0.4, 0.5) is 0 Å². The van der Waals surface area contributed by atoms with Crippen LogP contribution < -0.4 is 17.3 Å². The molecule has 0 saturated heterocycles. The Labute approximate surface area is 160 Å². The number of hydrogen-bond donors (Lipinski definition) is 2. The average molecular weight is 364 g/mol. The smallest absolute Gasteiger partial charge is 0.139 e. The van der Waals surface area contributed by atoms with Crippen LogP contribution in [0.1, 0.15) is 65.4 Å². The van der Waals surface area contributed by atoms with Crippen molar-refractivity contribution in [2.45, 2.75) is 77.5 Å². The van der Waals surface area contributed by atoms with Gasteiger partial charge in [-0.1, -0.05) is 49.1 Å². The fraction of sp³-hybridized carbons (Fsp3) is 0.636. The Morgan fingerprint density at radius 3 is 2.12 bits per heavy atom. The van der Waals surface area contributed by atoms with E-state index in [1.807, 2.05) is 18.2 Å². The van der Waals surface area contributed by atoms with Gasteiger partial charge in [0.2, 0.25) is 0 Å². The molecule has 2 N–H and O–H groups in total. The molecule has 1 aliphatic rings. The van der Waals surface area contributed by atoms with Crippen molar-refractivity contribution in [3.63, 3.8) is 0 Å². The van der Waals surface area contributed by atoms with Gasteiger partial charge in [0.15, 0.2) is 0 Å². The summed E-state index contributed by atoms with van der Waals surface area (Å²) in [4.78, 5) is 1.51. The van der Waals surface area contributed by atoms with Gasteiger partial charge in [-0.05, 0) is 57.9 Å². The van der Waals surface area contributed by atoms with E-state index in [-0.39, 0.29) is 12.4 Å². The lowest BCUT2D eigenvalue weighted by Gasteiger charge is -2.33. The third-order valence-corrected chi connectivity index (χ3v) is 5.56.